The van der Waals surface area contributed by atoms with Crippen LogP contribution < -0.4 is 10.1 Å². The minimum atomic E-state index is -0.174. The highest BCUT2D eigenvalue weighted by atomic mass is 32.1. The van der Waals surface area contributed by atoms with Crippen molar-refractivity contribution in [2.75, 3.05) is 0 Å². The Morgan fingerprint density at radius 1 is 1.14 bits per heavy atom. The lowest BCUT2D eigenvalue weighted by molar-refractivity contribution is 0.0946. The number of amides is 1. The molecule has 7 heteroatoms. The summed E-state index contributed by atoms with van der Waals surface area (Å²) < 4.78 is 7.72. The second-order valence-electron chi connectivity index (χ2n) is 6.08. The Kier molecular flexibility index (Phi) is 5.44. The van der Waals surface area contributed by atoms with Crippen molar-refractivity contribution in [1.29, 1.82) is 0 Å². The number of benzene rings is 2. The lowest BCUT2D eigenvalue weighted by atomic mass is 10.1. The smallest absolute Gasteiger partial charge is 0.255 e. The van der Waals surface area contributed by atoms with Gasteiger partial charge in [0.1, 0.15) is 12.4 Å². The fourth-order valence-corrected chi connectivity index (χ4v) is 3.26. The van der Waals surface area contributed by atoms with Crippen LogP contribution >= 0.6 is 11.3 Å². The zero-order valence-electron chi connectivity index (χ0n) is 15.0. The molecule has 1 N–H and O–H groups in total. The first-order valence-corrected chi connectivity index (χ1v) is 9.68. The summed E-state index contributed by atoms with van der Waals surface area (Å²) in [6.45, 7) is 0.771. The maximum absolute atomic E-state index is 12.6. The topological polar surface area (TPSA) is 69.0 Å². The van der Waals surface area contributed by atoms with Gasteiger partial charge >= 0.3 is 0 Å². The predicted molar refractivity (Wildman–Crippen MR) is 108 cm³/mol. The fraction of sp³-hybridized carbons (Fsp3) is 0.0952. The number of hydrogen-bond donors (Lipinski definition) is 1. The molecule has 0 saturated heterocycles. The van der Waals surface area contributed by atoms with Gasteiger partial charge in [0.15, 0.2) is 0 Å². The van der Waals surface area contributed by atoms with Crippen molar-refractivity contribution < 1.29 is 9.53 Å². The van der Waals surface area contributed by atoms with Crippen LogP contribution in [0.25, 0.3) is 5.69 Å². The lowest BCUT2D eigenvalue weighted by Crippen LogP contribution is -2.23. The van der Waals surface area contributed by atoms with Gasteiger partial charge in [0, 0.05) is 30.0 Å². The van der Waals surface area contributed by atoms with Gasteiger partial charge in [0.05, 0.1) is 23.1 Å². The van der Waals surface area contributed by atoms with Crippen molar-refractivity contribution in [1.82, 2.24) is 19.9 Å². The molecule has 0 unspecified atom stereocenters. The van der Waals surface area contributed by atoms with Crippen LogP contribution in [0.1, 0.15) is 21.6 Å². The van der Waals surface area contributed by atoms with Crippen molar-refractivity contribution in [2.45, 2.75) is 13.2 Å². The summed E-state index contributed by atoms with van der Waals surface area (Å²) in [4.78, 5) is 20.9. The highest BCUT2D eigenvalue weighted by Crippen LogP contribution is 2.19. The van der Waals surface area contributed by atoms with Crippen LogP contribution in [-0.2, 0) is 13.2 Å². The molecule has 2 heterocycles. The third-order valence-corrected chi connectivity index (χ3v) is 4.82. The Morgan fingerprint density at radius 2 is 2.00 bits per heavy atom. The molecular weight excluding hydrogens is 372 g/mol. The number of rotatable bonds is 7. The van der Waals surface area contributed by atoms with Gasteiger partial charge in [0.25, 0.3) is 5.91 Å². The van der Waals surface area contributed by atoms with Crippen LogP contribution in [-0.4, -0.2) is 20.4 Å². The Bertz CT molecular complexity index is 1030. The molecule has 0 radical (unpaired) electrons. The molecule has 140 valence electrons. The highest BCUT2D eigenvalue weighted by molar-refractivity contribution is 7.07. The number of hydrogen-bond acceptors (Lipinski definition) is 5. The third kappa shape index (κ3) is 4.27. The average molecular weight is 390 g/mol. The monoisotopic (exact) mass is 390 g/mol. The first-order valence-electron chi connectivity index (χ1n) is 8.74. The van der Waals surface area contributed by atoms with Gasteiger partial charge in [-0.05, 0) is 29.8 Å². The molecule has 4 aromatic rings. The summed E-state index contributed by atoms with van der Waals surface area (Å²) >= 11 is 1.52. The summed E-state index contributed by atoms with van der Waals surface area (Å²) in [5.41, 5.74) is 5.15. The molecule has 0 atom stereocenters. The molecule has 28 heavy (non-hydrogen) atoms. The molecule has 4 rings (SSSR count). The molecule has 2 aromatic heterocycles. The average Bonchev–Trinajstić information content (AvgIpc) is 3.45. The number of nitrogens with one attached hydrogen (secondary N) is 1. The number of ether oxygens (including phenoxy) is 1. The normalized spacial score (nSPS) is 10.6. The Hall–Kier alpha value is -3.45. The number of thiazole rings is 1. The first kappa shape index (κ1) is 17.9. The summed E-state index contributed by atoms with van der Waals surface area (Å²) in [6, 6.07) is 15.2. The minimum Gasteiger partial charge on any atom is -0.486 e. The quantitative estimate of drug-likeness (QED) is 0.521. The molecule has 0 aliphatic carbocycles. The minimum absolute atomic E-state index is 0.174. The van der Waals surface area contributed by atoms with Crippen molar-refractivity contribution in [2.24, 2.45) is 0 Å². The number of carbonyl (C=O) groups is 1. The lowest BCUT2D eigenvalue weighted by Gasteiger charge is -2.11. The highest BCUT2D eigenvalue weighted by Gasteiger charge is 2.12. The van der Waals surface area contributed by atoms with Gasteiger partial charge < -0.3 is 14.6 Å². The Morgan fingerprint density at radius 3 is 2.75 bits per heavy atom. The maximum Gasteiger partial charge on any atom is 0.255 e. The van der Waals surface area contributed by atoms with Crippen LogP contribution in [0, 0.1) is 0 Å². The van der Waals surface area contributed by atoms with E-state index in [0.29, 0.717) is 24.5 Å². The van der Waals surface area contributed by atoms with E-state index in [9.17, 15) is 4.79 Å². The van der Waals surface area contributed by atoms with Crippen LogP contribution in [0.3, 0.4) is 0 Å². The number of imidazole rings is 1. The zero-order chi connectivity index (χ0) is 19.2. The number of aromatic nitrogens is 3. The van der Waals surface area contributed by atoms with Crippen molar-refractivity contribution in [3.8, 4) is 11.4 Å². The predicted octanol–water partition coefficient (Wildman–Crippen LogP) is 3.84. The van der Waals surface area contributed by atoms with Gasteiger partial charge in [0.2, 0.25) is 0 Å². The summed E-state index contributed by atoms with van der Waals surface area (Å²) in [7, 11) is 0. The fourth-order valence-electron chi connectivity index (χ4n) is 2.72. The SMILES string of the molecule is O=C(NCc1ccc(-n2ccnc2)cc1)c1ccccc1OCc1cscn1. The molecule has 6 nitrogen and oxygen atoms in total. The van der Waals surface area contributed by atoms with E-state index in [1.165, 1.54) is 11.3 Å². The van der Waals surface area contributed by atoms with Gasteiger partial charge in [-0.15, -0.1) is 11.3 Å². The maximum atomic E-state index is 12.6. The summed E-state index contributed by atoms with van der Waals surface area (Å²) in [5.74, 6) is 0.371. The van der Waals surface area contributed by atoms with E-state index in [1.807, 2.05) is 52.5 Å². The Balaban J connectivity index is 1.38. The van der Waals surface area contributed by atoms with Gasteiger partial charge in [-0.3, -0.25) is 4.79 Å². The van der Waals surface area contributed by atoms with Crippen LogP contribution in [0.5, 0.6) is 5.75 Å². The zero-order valence-corrected chi connectivity index (χ0v) is 15.8. The van der Waals surface area contributed by atoms with Crippen LogP contribution in [0.4, 0.5) is 0 Å². The second-order valence-corrected chi connectivity index (χ2v) is 6.80. The van der Waals surface area contributed by atoms with E-state index in [0.717, 1.165) is 16.9 Å². The van der Waals surface area contributed by atoms with Gasteiger partial charge in [-0.1, -0.05) is 24.3 Å². The van der Waals surface area contributed by atoms with E-state index in [1.54, 1.807) is 30.2 Å². The largest absolute Gasteiger partial charge is 0.486 e. The molecule has 0 fully saturated rings. The molecule has 0 bridgehead atoms. The summed E-state index contributed by atoms with van der Waals surface area (Å²) in [6.07, 6.45) is 5.38. The molecular formula is C21H18N4O2S. The molecule has 1 amide bonds. The van der Waals surface area contributed by atoms with Crippen LogP contribution in [0.15, 0.2) is 78.1 Å². The second kappa shape index (κ2) is 8.49. The van der Waals surface area contributed by atoms with E-state index in [-0.39, 0.29) is 5.91 Å². The molecule has 0 aliphatic heterocycles. The van der Waals surface area contributed by atoms with Gasteiger partial charge in [-0.2, -0.15) is 0 Å². The standard InChI is InChI=1S/C21H18N4O2S/c26-21(19-3-1-2-4-20(19)27-12-17-13-28-15-24-17)23-11-16-5-7-18(8-6-16)25-10-9-22-14-25/h1-10,13-15H,11-12H2,(H,23,26). The van der Waals surface area contributed by atoms with E-state index < -0.39 is 0 Å². The van der Waals surface area contributed by atoms with E-state index in [4.69, 9.17) is 4.74 Å². The molecule has 0 saturated carbocycles. The molecule has 0 aliphatic rings. The third-order valence-electron chi connectivity index (χ3n) is 4.18. The first-order chi connectivity index (χ1) is 13.8. The number of para-hydroxylation sites is 1. The van der Waals surface area contributed by atoms with Crippen LogP contribution in [0.2, 0.25) is 0 Å². The number of carbonyl (C=O) groups excluding carboxylic acids is 1. The number of nitrogens with zero attached hydrogens (tertiary/aromatic N) is 3. The molecule has 0 spiro atoms. The van der Waals surface area contributed by atoms with E-state index in [2.05, 4.69) is 15.3 Å². The van der Waals surface area contributed by atoms with Crippen molar-refractivity contribution in [3.63, 3.8) is 0 Å². The van der Waals surface area contributed by atoms with E-state index >= 15 is 0 Å². The Labute approximate surface area is 166 Å². The van der Waals surface area contributed by atoms with Crippen molar-refractivity contribution >= 4 is 17.2 Å². The molecule has 2 aromatic carbocycles. The van der Waals surface area contributed by atoms with Crippen molar-refractivity contribution in [3.05, 3.63) is 95.0 Å². The van der Waals surface area contributed by atoms with Gasteiger partial charge in [-0.25, -0.2) is 9.97 Å². The summed E-state index contributed by atoms with van der Waals surface area (Å²) in [5, 5.41) is 4.88.